The normalized spacial score (nSPS) is 11.8. The highest BCUT2D eigenvalue weighted by atomic mass is 16.5. The molecule has 0 fully saturated rings. The van der Waals surface area contributed by atoms with Gasteiger partial charge in [-0.3, -0.25) is 9.59 Å². The van der Waals surface area contributed by atoms with E-state index in [9.17, 15) is 9.59 Å². The van der Waals surface area contributed by atoms with E-state index in [2.05, 4.69) is 27.8 Å². The SMILES string of the molecule is CC(CCc1ccc(OC(C)C)cc1)NC(=O)c1cccc(NC(=O)CCn2ccnc2)c1. The smallest absolute Gasteiger partial charge is 0.251 e. The first kappa shape index (κ1) is 24.0. The van der Waals surface area contributed by atoms with Crippen molar-refractivity contribution in [3.8, 4) is 5.75 Å². The quantitative estimate of drug-likeness (QED) is 0.454. The summed E-state index contributed by atoms with van der Waals surface area (Å²) in [5.41, 5.74) is 2.33. The van der Waals surface area contributed by atoms with Gasteiger partial charge in [-0.2, -0.15) is 0 Å². The van der Waals surface area contributed by atoms with Crippen molar-refractivity contribution in [2.24, 2.45) is 0 Å². The molecular weight excluding hydrogens is 416 g/mol. The summed E-state index contributed by atoms with van der Waals surface area (Å²) < 4.78 is 7.52. The highest BCUT2D eigenvalue weighted by molar-refractivity contribution is 5.97. The second kappa shape index (κ2) is 11.9. The van der Waals surface area contributed by atoms with Crippen molar-refractivity contribution in [1.29, 1.82) is 0 Å². The summed E-state index contributed by atoms with van der Waals surface area (Å²) in [4.78, 5) is 28.9. The third-order valence-corrected chi connectivity index (χ3v) is 5.10. The molecule has 2 aromatic carbocycles. The fraction of sp³-hybridized carbons (Fsp3) is 0.346. The van der Waals surface area contributed by atoms with Crippen molar-refractivity contribution >= 4 is 17.5 Å². The predicted molar refractivity (Wildman–Crippen MR) is 129 cm³/mol. The van der Waals surface area contributed by atoms with Gasteiger partial charge in [-0.05, 0) is 69.5 Å². The third kappa shape index (κ3) is 8.11. The molecule has 0 aliphatic rings. The van der Waals surface area contributed by atoms with E-state index < -0.39 is 0 Å². The number of amides is 2. The van der Waals surface area contributed by atoms with Gasteiger partial charge in [0.1, 0.15) is 5.75 Å². The number of imidazole rings is 1. The van der Waals surface area contributed by atoms with Gasteiger partial charge in [-0.25, -0.2) is 4.98 Å². The number of benzene rings is 2. The minimum atomic E-state index is -0.155. The molecule has 7 nitrogen and oxygen atoms in total. The van der Waals surface area contributed by atoms with Crippen molar-refractivity contribution in [3.63, 3.8) is 0 Å². The first-order chi connectivity index (χ1) is 15.9. The van der Waals surface area contributed by atoms with Crippen LogP contribution < -0.4 is 15.4 Å². The average molecular weight is 449 g/mol. The summed E-state index contributed by atoms with van der Waals surface area (Å²) in [6.45, 7) is 6.56. The summed E-state index contributed by atoms with van der Waals surface area (Å²) in [7, 11) is 0. The number of nitrogens with one attached hydrogen (secondary N) is 2. The van der Waals surface area contributed by atoms with Gasteiger partial charge in [0, 0.05) is 42.7 Å². The molecule has 0 bridgehead atoms. The summed E-state index contributed by atoms with van der Waals surface area (Å²) in [5.74, 6) is 0.598. The zero-order valence-electron chi connectivity index (χ0n) is 19.5. The number of hydrogen-bond acceptors (Lipinski definition) is 4. The fourth-order valence-corrected chi connectivity index (χ4v) is 3.38. The summed E-state index contributed by atoms with van der Waals surface area (Å²) in [6, 6.07) is 15.1. The molecule has 0 aliphatic carbocycles. The van der Waals surface area contributed by atoms with E-state index in [1.807, 2.05) is 43.7 Å². The molecule has 0 spiro atoms. The summed E-state index contributed by atoms with van der Waals surface area (Å²) in [6.07, 6.45) is 7.33. The van der Waals surface area contributed by atoms with E-state index in [0.29, 0.717) is 24.2 Å². The van der Waals surface area contributed by atoms with Crippen LogP contribution in [-0.4, -0.2) is 33.5 Å². The predicted octanol–water partition coefficient (Wildman–Crippen LogP) is 4.45. The van der Waals surface area contributed by atoms with Gasteiger partial charge in [-0.15, -0.1) is 0 Å². The zero-order valence-corrected chi connectivity index (χ0v) is 19.5. The van der Waals surface area contributed by atoms with Gasteiger partial charge in [-0.1, -0.05) is 18.2 Å². The van der Waals surface area contributed by atoms with Crippen LogP contribution >= 0.6 is 0 Å². The van der Waals surface area contributed by atoms with Crippen LogP contribution in [0.4, 0.5) is 5.69 Å². The van der Waals surface area contributed by atoms with Gasteiger partial charge >= 0.3 is 0 Å². The number of hydrogen-bond donors (Lipinski definition) is 2. The summed E-state index contributed by atoms with van der Waals surface area (Å²) >= 11 is 0. The molecule has 1 heterocycles. The molecule has 2 amide bonds. The molecule has 33 heavy (non-hydrogen) atoms. The van der Waals surface area contributed by atoms with E-state index in [0.717, 1.165) is 18.6 Å². The molecule has 0 radical (unpaired) electrons. The van der Waals surface area contributed by atoms with Crippen LogP contribution in [0.2, 0.25) is 0 Å². The molecule has 3 rings (SSSR count). The average Bonchev–Trinajstić information content (AvgIpc) is 3.31. The van der Waals surface area contributed by atoms with E-state index in [1.54, 1.807) is 36.8 Å². The van der Waals surface area contributed by atoms with Gasteiger partial charge in [0.2, 0.25) is 5.91 Å². The Bertz CT molecular complexity index is 1030. The molecule has 1 aromatic heterocycles. The lowest BCUT2D eigenvalue weighted by atomic mass is 10.1. The molecule has 0 saturated heterocycles. The second-order valence-electron chi connectivity index (χ2n) is 8.40. The molecular formula is C26H32N4O3. The molecule has 7 heteroatoms. The lowest BCUT2D eigenvalue weighted by molar-refractivity contribution is -0.116. The monoisotopic (exact) mass is 448 g/mol. The lowest BCUT2D eigenvalue weighted by Crippen LogP contribution is -2.32. The van der Waals surface area contributed by atoms with Crippen molar-refractivity contribution < 1.29 is 14.3 Å². The summed E-state index contributed by atoms with van der Waals surface area (Å²) in [5, 5.41) is 5.89. The minimum Gasteiger partial charge on any atom is -0.491 e. The van der Waals surface area contributed by atoms with E-state index in [1.165, 1.54) is 5.56 Å². The number of ether oxygens (including phenoxy) is 1. The van der Waals surface area contributed by atoms with E-state index in [-0.39, 0.29) is 24.0 Å². The Morgan fingerprint density at radius 3 is 2.58 bits per heavy atom. The molecule has 1 atom stereocenters. The highest BCUT2D eigenvalue weighted by Gasteiger charge is 2.12. The number of carbonyl (C=O) groups excluding carboxylic acids is 2. The van der Waals surface area contributed by atoms with Crippen molar-refractivity contribution in [2.75, 3.05) is 5.32 Å². The van der Waals surface area contributed by atoms with Crippen LogP contribution in [0.3, 0.4) is 0 Å². The van der Waals surface area contributed by atoms with Crippen LogP contribution in [-0.2, 0) is 17.8 Å². The molecule has 174 valence electrons. The lowest BCUT2D eigenvalue weighted by Gasteiger charge is -2.15. The van der Waals surface area contributed by atoms with Crippen LogP contribution in [0.1, 0.15) is 49.5 Å². The van der Waals surface area contributed by atoms with Crippen LogP contribution in [0, 0.1) is 0 Å². The Morgan fingerprint density at radius 1 is 1.09 bits per heavy atom. The van der Waals surface area contributed by atoms with Crippen molar-refractivity contribution in [2.45, 2.75) is 58.7 Å². The van der Waals surface area contributed by atoms with Crippen LogP contribution in [0.15, 0.2) is 67.3 Å². The van der Waals surface area contributed by atoms with Crippen LogP contribution in [0.5, 0.6) is 5.75 Å². The van der Waals surface area contributed by atoms with Gasteiger partial charge in [0.05, 0.1) is 12.4 Å². The Kier molecular flexibility index (Phi) is 8.63. The zero-order chi connectivity index (χ0) is 23.6. The fourth-order valence-electron chi connectivity index (χ4n) is 3.38. The number of anilines is 1. The van der Waals surface area contributed by atoms with Gasteiger partial charge in [0.25, 0.3) is 5.91 Å². The molecule has 0 saturated carbocycles. The minimum absolute atomic E-state index is 0.0116. The Hall–Kier alpha value is -3.61. The van der Waals surface area contributed by atoms with Gasteiger partial charge < -0.3 is 19.9 Å². The largest absolute Gasteiger partial charge is 0.491 e. The maximum Gasteiger partial charge on any atom is 0.251 e. The van der Waals surface area contributed by atoms with Crippen LogP contribution in [0.25, 0.3) is 0 Å². The maximum absolute atomic E-state index is 12.7. The number of rotatable bonds is 11. The Balaban J connectivity index is 1.45. The molecule has 0 aliphatic heterocycles. The Morgan fingerprint density at radius 2 is 1.88 bits per heavy atom. The van der Waals surface area contributed by atoms with E-state index in [4.69, 9.17) is 4.74 Å². The van der Waals surface area contributed by atoms with E-state index >= 15 is 0 Å². The molecule has 1 unspecified atom stereocenters. The standard InChI is InChI=1S/C26H32N4O3/c1-19(2)33-24-11-9-21(10-12-24)8-7-20(3)28-26(32)22-5-4-6-23(17-22)29-25(31)13-15-30-16-14-27-18-30/h4-6,9-12,14,16-20H,7-8,13,15H2,1-3H3,(H,28,32)(H,29,31). The highest BCUT2D eigenvalue weighted by Crippen LogP contribution is 2.16. The number of nitrogens with zero attached hydrogens (tertiary/aromatic N) is 2. The molecule has 3 aromatic rings. The maximum atomic E-state index is 12.7. The second-order valence-corrected chi connectivity index (χ2v) is 8.40. The first-order valence-electron chi connectivity index (χ1n) is 11.3. The Labute approximate surface area is 195 Å². The third-order valence-electron chi connectivity index (χ3n) is 5.10. The topological polar surface area (TPSA) is 85.3 Å². The number of aromatic nitrogens is 2. The first-order valence-corrected chi connectivity index (χ1v) is 11.3. The number of aryl methyl sites for hydroxylation is 2. The number of carbonyl (C=O) groups is 2. The van der Waals surface area contributed by atoms with Crippen molar-refractivity contribution in [1.82, 2.24) is 14.9 Å². The molecule has 2 N–H and O–H groups in total. The van der Waals surface area contributed by atoms with Gasteiger partial charge in [0.15, 0.2) is 0 Å². The van der Waals surface area contributed by atoms with Crippen molar-refractivity contribution in [3.05, 3.63) is 78.4 Å².